The number of phenolic OH excluding ortho intramolecular Hbond substituents is 1. The zero-order valence-electron chi connectivity index (χ0n) is 19.2. The molecule has 0 fully saturated rings. The van der Waals surface area contributed by atoms with Gasteiger partial charge in [-0.25, -0.2) is 4.79 Å². The summed E-state index contributed by atoms with van der Waals surface area (Å²) >= 11 is 0. The van der Waals surface area contributed by atoms with E-state index in [1.165, 1.54) is 43.5 Å². The van der Waals surface area contributed by atoms with Gasteiger partial charge in [0.25, 0.3) is 0 Å². The molecule has 0 aliphatic heterocycles. The number of nitrogens with zero attached hydrogens (tertiary/aromatic N) is 1. The van der Waals surface area contributed by atoms with Crippen LogP contribution >= 0.6 is 0 Å². The molecule has 0 bridgehead atoms. The van der Waals surface area contributed by atoms with Crippen molar-refractivity contribution in [1.29, 1.82) is 0 Å². The van der Waals surface area contributed by atoms with Crippen molar-refractivity contribution in [2.24, 2.45) is 0 Å². The molecular formula is C26H23F6NO3. The van der Waals surface area contributed by atoms with E-state index in [9.17, 15) is 36.2 Å². The summed E-state index contributed by atoms with van der Waals surface area (Å²) in [4.78, 5) is 13.8. The first-order chi connectivity index (χ1) is 16.9. The van der Waals surface area contributed by atoms with E-state index in [-0.39, 0.29) is 11.3 Å². The number of phenols is 1. The highest BCUT2D eigenvalue weighted by Crippen LogP contribution is 2.31. The van der Waals surface area contributed by atoms with Crippen molar-refractivity contribution >= 4 is 11.7 Å². The molecule has 0 amide bonds. The summed E-state index contributed by atoms with van der Waals surface area (Å²) in [5, 5.41) is 10.0. The number of aromatic hydroxyl groups is 1. The molecule has 0 saturated carbocycles. The van der Waals surface area contributed by atoms with E-state index < -0.39 is 29.4 Å². The summed E-state index contributed by atoms with van der Waals surface area (Å²) in [6, 6.07) is 13.8. The molecule has 0 atom stereocenters. The number of methoxy groups -OCH3 is 1. The molecule has 0 aromatic heterocycles. The van der Waals surface area contributed by atoms with Crippen LogP contribution in [0, 0.1) is 0 Å². The Kier molecular flexibility index (Phi) is 8.17. The minimum Gasteiger partial charge on any atom is -0.507 e. The van der Waals surface area contributed by atoms with Crippen LogP contribution in [0.2, 0.25) is 0 Å². The van der Waals surface area contributed by atoms with E-state index in [4.69, 9.17) is 0 Å². The molecule has 3 aromatic rings. The Morgan fingerprint density at radius 2 is 1.22 bits per heavy atom. The van der Waals surface area contributed by atoms with E-state index >= 15 is 0 Å². The maximum absolute atomic E-state index is 12.8. The van der Waals surface area contributed by atoms with Gasteiger partial charge < -0.3 is 14.7 Å². The number of carbonyl (C=O) groups is 1. The summed E-state index contributed by atoms with van der Waals surface area (Å²) in [6.07, 6.45) is -8.16. The van der Waals surface area contributed by atoms with Gasteiger partial charge in [-0.05, 0) is 66.4 Å². The van der Waals surface area contributed by atoms with Crippen LogP contribution in [0.1, 0.15) is 32.6 Å². The molecule has 0 spiro atoms. The minimum absolute atomic E-state index is 0.0657. The predicted octanol–water partition coefficient (Wildman–Crippen LogP) is 6.51. The maximum atomic E-state index is 12.8. The lowest BCUT2D eigenvalue weighted by atomic mass is 10.1. The first kappa shape index (κ1) is 26.9. The molecule has 0 unspecified atom stereocenters. The third kappa shape index (κ3) is 6.93. The highest BCUT2D eigenvalue weighted by molar-refractivity contribution is 5.93. The number of hydrogen-bond donors (Lipinski definition) is 1. The van der Waals surface area contributed by atoms with Crippen molar-refractivity contribution in [3.63, 3.8) is 0 Å². The number of esters is 1. The smallest absolute Gasteiger partial charge is 0.416 e. The summed E-state index contributed by atoms with van der Waals surface area (Å²) in [5.41, 5.74) is 0.249. The number of hydrogen-bond acceptors (Lipinski definition) is 4. The molecule has 4 nitrogen and oxygen atoms in total. The third-order valence-corrected chi connectivity index (χ3v) is 5.65. The Labute approximate surface area is 203 Å². The Hall–Kier alpha value is -3.69. The van der Waals surface area contributed by atoms with Crippen molar-refractivity contribution in [1.82, 2.24) is 0 Å². The first-order valence-electron chi connectivity index (χ1n) is 10.9. The Bertz CT molecular complexity index is 1110. The average Bonchev–Trinajstić information content (AvgIpc) is 2.83. The molecule has 36 heavy (non-hydrogen) atoms. The molecule has 0 heterocycles. The lowest BCUT2D eigenvalue weighted by Crippen LogP contribution is -2.28. The average molecular weight is 511 g/mol. The second-order valence-electron chi connectivity index (χ2n) is 8.07. The van der Waals surface area contributed by atoms with E-state index in [2.05, 4.69) is 4.74 Å². The van der Waals surface area contributed by atoms with Crippen molar-refractivity contribution in [2.75, 3.05) is 25.1 Å². The molecular weight excluding hydrogens is 488 g/mol. The monoisotopic (exact) mass is 511 g/mol. The molecule has 0 aliphatic rings. The van der Waals surface area contributed by atoms with E-state index in [0.717, 1.165) is 24.3 Å². The molecule has 0 radical (unpaired) electrons. The van der Waals surface area contributed by atoms with Gasteiger partial charge in [-0.15, -0.1) is 0 Å². The SMILES string of the molecule is COC(=O)c1cc(N(CCc2ccc(C(F)(F)F)cc2)CCc2ccc(C(F)(F)F)cc2)ccc1O. The second-order valence-corrected chi connectivity index (χ2v) is 8.07. The largest absolute Gasteiger partial charge is 0.507 e. The predicted molar refractivity (Wildman–Crippen MR) is 122 cm³/mol. The lowest BCUT2D eigenvalue weighted by molar-refractivity contribution is -0.138. The minimum atomic E-state index is -4.44. The van der Waals surface area contributed by atoms with Crippen molar-refractivity contribution in [3.8, 4) is 5.75 Å². The van der Waals surface area contributed by atoms with Crippen LogP contribution < -0.4 is 4.90 Å². The summed E-state index contributed by atoms with van der Waals surface area (Å²) in [5.74, 6) is -1.03. The fraction of sp³-hybridized carbons (Fsp3) is 0.269. The van der Waals surface area contributed by atoms with Crippen LogP contribution in [0.15, 0.2) is 66.7 Å². The van der Waals surface area contributed by atoms with Gasteiger partial charge in [-0.3, -0.25) is 0 Å². The fourth-order valence-corrected chi connectivity index (χ4v) is 3.61. The van der Waals surface area contributed by atoms with E-state index in [1.54, 1.807) is 6.07 Å². The van der Waals surface area contributed by atoms with Crippen LogP contribution in [-0.4, -0.2) is 31.3 Å². The first-order valence-corrected chi connectivity index (χ1v) is 10.9. The Morgan fingerprint density at radius 1 is 0.778 bits per heavy atom. The zero-order valence-corrected chi connectivity index (χ0v) is 19.2. The fourth-order valence-electron chi connectivity index (χ4n) is 3.61. The van der Waals surface area contributed by atoms with E-state index in [0.29, 0.717) is 42.7 Å². The van der Waals surface area contributed by atoms with Gasteiger partial charge in [0.1, 0.15) is 11.3 Å². The third-order valence-electron chi connectivity index (χ3n) is 5.65. The normalized spacial score (nSPS) is 11.9. The quantitative estimate of drug-likeness (QED) is 0.277. The van der Waals surface area contributed by atoms with Crippen LogP contribution in [0.25, 0.3) is 0 Å². The summed E-state index contributed by atoms with van der Waals surface area (Å²) in [6.45, 7) is 0.661. The van der Waals surface area contributed by atoms with Gasteiger partial charge in [-0.1, -0.05) is 24.3 Å². The van der Waals surface area contributed by atoms with Crippen LogP contribution in [0.4, 0.5) is 32.0 Å². The van der Waals surface area contributed by atoms with Gasteiger partial charge in [0.05, 0.1) is 18.2 Å². The second kappa shape index (κ2) is 10.9. The van der Waals surface area contributed by atoms with E-state index in [1.807, 2.05) is 4.90 Å². The number of rotatable bonds is 8. The molecule has 0 saturated heterocycles. The van der Waals surface area contributed by atoms with Crippen LogP contribution in [0.5, 0.6) is 5.75 Å². The standard InChI is InChI=1S/C26H23F6NO3/c1-36-24(35)22-16-21(10-11-23(22)34)33(14-12-17-2-6-19(7-3-17)25(27,28)29)15-13-18-4-8-20(9-5-18)26(30,31)32/h2-11,16,34H,12-15H2,1H3. The van der Waals surface area contributed by atoms with Gasteiger partial charge >= 0.3 is 18.3 Å². The van der Waals surface area contributed by atoms with Gasteiger partial charge in [0.2, 0.25) is 0 Å². The lowest BCUT2D eigenvalue weighted by Gasteiger charge is -2.26. The molecule has 3 rings (SSSR count). The van der Waals surface area contributed by atoms with Gasteiger partial charge in [0.15, 0.2) is 0 Å². The van der Waals surface area contributed by atoms with Crippen molar-refractivity contribution < 1.29 is 41.0 Å². The molecule has 3 aromatic carbocycles. The number of ether oxygens (including phenoxy) is 1. The summed E-state index contributed by atoms with van der Waals surface area (Å²) < 4.78 is 81.7. The van der Waals surface area contributed by atoms with Crippen LogP contribution in [-0.2, 0) is 29.9 Å². The van der Waals surface area contributed by atoms with Crippen LogP contribution in [0.3, 0.4) is 0 Å². The van der Waals surface area contributed by atoms with Gasteiger partial charge in [-0.2, -0.15) is 26.3 Å². The number of anilines is 1. The zero-order chi connectivity index (χ0) is 26.5. The molecule has 0 aliphatic carbocycles. The molecule has 10 heteroatoms. The number of benzene rings is 3. The number of halogens is 6. The van der Waals surface area contributed by atoms with Crippen molar-refractivity contribution in [2.45, 2.75) is 25.2 Å². The Morgan fingerprint density at radius 3 is 1.61 bits per heavy atom. The Balaban J connectivity index is 1.81. The molecule has 192 valence electrons. The topological polar surface area (TPSA) is 49.8 Å². The van der Waals surface area contributed by atoms with Crippen molar-refractivity contribution in [3.05, 3.63) is 94.5 Å². The highest BCUT2D eigenvalue weighted by atomic mass is 19.4. The maximum Gasteiger partial charge on any atom is 0.416 e. The summed E-state index contributed by atoms with van der Waals surface area (Å²) in [7, 11) is 1.17. The highest BCUT2D eigenvalue weighted by Gasteiger charge is 2.30. The number of alkyl halides is 6. The van der Waals surface area contributed by atoms with Gasteiger partial charge in [0, 0.05) is 18.8 Å². The number of carbonyl (C=O) groups excluding carboxylic acids is 1. The molecule has 1 N–H and O–H groups in total.